The molecule has 0 aliphatic rings. The lowest BCUT2D eigenvalue weighted by molar-refractivity contribution is -0.138. The fourth-order valence-electron chi connectivity index (χ4n) is 4.98. The summed E-state index contributed by atoms with van der Waals surface area (Å²) in [6.45, 7) is 4.86. The van der Waals surface area contributed by atoms with E-state index in [1.165, 1.54) is 24.3 Å². The van der Waals surface area contributed by atoms with Gasteiger partial charge in [-0.2, -0.15) is 13.2 Å². The molecule has 4 rings (SSSR count). The minimum absolute atomic E-state index is 0.00349. The lowest BCUT2D eigenvalue weighted by Crippen LogP contribution is -2.28. The molecule has 0 amide bonds. The van der Waals surface area contributed by atoms with Crippen LogP contribution in [0, 0.1) is 0 Å². The highest BCUT2D eigenvalue weighted by Crippen LogP contribution is 2.36. The smallest absolute Gasteiger partial charge is 0.416 e. The van der Waals surface area contributed by atoms with Gasteiger partial charge in [-0.25, -0.2) is 13.2 Å². The number of sulfone groups is 1. The fourth-order valence-corrected chi connectivity index (χ4v) is 6.04. The molecule has 1 heterocycles. The number of esters is 1. The molecular weight excluding hydrogens is 605 g/mol. The summed E-state index contributed by atoms with van der Waals surface area (Å²) >= 11 is 5.85. The molecule has 0 fully saturated rings. The van der Waals surface area contributed by atoms with Gasteiger partial charge in [-0.1, -0.05) is 36.7 Å². The van der Waals surface area contributed by atoms with E-state index >= 15 is 0 Å². The number of hydrogen-bond donors (Lipinski definition) is 2. The zero-order chi connectivity index (χ0) is 31.5. The second kappa shape index (κ2) is 13.1. The Morgan fingerprint density at radius 3 is 2.35 bits per heavy atom. The Hall–Kier alpha value is -3.38. The molecule has 3 aromatic carbocycles. The Labute approximate surface area is 253 Å². The van der Waals surface area contributed by atoms with E-state index < -0.39 is 33.6 Å². The number of carbonyl (C=O) groups is 1. The number of carbonyl (C=O) groups excluding carboxylic acids is 1. The van der Waals surface area contributed by atoms with E-state index in [2.05, 4.69) is 5.32 Å². The van der Waals surface area contributed by atoms with Crippen LogP contribution in [0.5, 0.6) is 0 Å². The molecule has 0 aliphatic heterocycles. The summed E-state index contributed by atoms with van der Waals surface area (Å²) < 4.78 is 72.6. The van der Waals surface area contributed by atoms with Crippen molar-refractivity contribution in [3.8, 4) is 0 Å². The molecule has 0 aliphatic carbocycles. The van der Waals surface area contributed by atoms with Crippen LogP contribution in [0.25, 0.3) is 10.9 Å². The van der Waals surface area contributed by atoms with Gasteiger partial charge in [0, 0.05) is 34.1 Å². The Balaban J connectivity index is 1.50. The Morgan fingerprint density at radius 2 is 1.74 bits per heavy atom. The van der Waals surface area contributed by atoms with Gasteiger partial charge < -0.3 is 14.4 Å². The van der Waals surface area contributed by atoms with E-state index in [9.17, 15) is 31.5 Å². The van der Waals surface area contributed by atoms with E-state index in [-0.39, 0.29) is 52.6 Å². The standard InChI is InChI=1S/C31H32ClF3N2O5S/c1-4-43(40,41)26-10-6-20(7-11-26)28(17-38)36-18-42-30(39)22-8-12-29-23(13-22)15-25(37(29)19(2)3)14-21-5-9-24(32)16-27(21)31(33,34)35/h5-13,15-16,19,28,36,38H,4,14,17-18H2,1-3H3/t28-/m0/s1. The number of nitrogens with zero attached hydrogens (tertiary/aromatic N) is 1. The molecule has 230 valence electrons. The summed E-state index contributed by atoms with van der Waals surface area (Å²) in [5.41, 5.74) is 1.57. The highest BCUT2D eigenvalue weighted by Gasteiger charge is 2.34. The maximum absolute atomic E-state index is 13.7. The molecule has 43 heavy (non-hydrogen) atoms. The van der Waals surface area contributed by atoms with Crippen LogP contribution >= 0.6 is 11.6 Å². The van der Waals surface area contributed by atoms with Crippen molar-refractivity contribution in [1.29, 1.82) is 0 Å². The number of alkyl halides is 3. The SMILES string of the molecule is CCS(=O)(=O)c1ccc([C@H](CO)NCOC(=O)c2ccc3c(c2)cc(Cc2ccc(Cl)cc2C(F)(F)F)n3C(C)C)cc1. The molecule has 0 spiro atoms. The Kier molecular flexibility index (Phi) is 9.90. The van der Waals surface area contributed by atoms with Crippen LogP contribution in [-0.2, 0) is 27.2 Å². The van der Waals surface area contributed by atoms with Crippen LogP contribution in [0.15, 0.2) is 71.6 Å². The highest BCUT2D eigenvalue weighted by molar-refractivity contribution is 7.91. The minimum atomic E-state index is -4.56. The van der Waals surface area contributed by atoms with Crippen LogP contribution in [0.2, 0.25) is 5.02 Å². The summed E-state index contributed by atoms with van der Waals surface area (Å²) in [6.07, 6.45) is -4.55. The second-order valence-electron chi connectivity index (χ2n) is 10.3. The largest absolute Gasteiger partial charge is 0.446 e. The zero-order valence-corrected chi connectivity index (χ0v) is 25.4. The number of fused-ring (bicyclic) bond motifs is 1. The number of halogens is 4. The molecule has 1 atom stereocenters. The first kappa shape index (κ1) is 32.5. The van der Waals surface area contributed by atoms with Crippen LogP contribution in [0.4, 0.5) is 13.2 Å². The van der Waals surface area contributed by atoms with E-state index in [4.69, 9.17) is 16.3 Å². The van der Waals surface area contributed by atoms with Gasteiger partial charge in [-0.05, 0) is 73.5 Å². The fraction of sp³-hybridized carbons (Fsp3) is 0.323. The first-order valence-corrected chi connectivity index (χ1v) is 15.6. The Morgan fingerprint density at radius 1 is 1.05 bits per heavy atom. The van der Waals surface area contributed by atoms with Crippen molar-refractivity contribution in [1.82, 2.24) is 9.88 Å². The highest BCUT2D eigenvalue weighted by atomic mass is 35.5. The van der Waals surface area contributed by atoms with Crippen molar-refractivity contribution in [2.45, 2.75) is 50.3 Å². The summed E-state index contributed by atoms with van der Waals surface area (Å²) in [5, 5.41) is 13.4. The summed E-state index contributed by atoms with van der Waals surface area (Å²) in [4.78, 5) is 13.0. The van der Waals surface area contributed by atoms with Crippen LogP contribution in [0.3, 0.4) is 0 Å². The molecule has 0 saturated heterocycles. The average Bonchev–Trinajstić information content (AvgIpc) is 3.33. The molecule has 0 saturated carbocycles. The van der Waals surface area contributed by atoms with Gasteiger partial charge in [0.15, 0.2) is 9.84 Å². The first-order chi connectivity index (χ1) is 20.2. The number of aliphatic hydroxyl groups is 1. The molecule has 7 nitrogen and oxygen atoms in total. The molecule has 0 bridgehead atoms. The maximum Gasteiger partial charge on any atom is 0.416 e. The van der Waals surface area contributed by atoms with E-state index in [0.29, 0.717) is 16.6 Å². The third-order valence-corrected chi connectivity index (χ3v) is 9.14. The molecule has 0 radical (unpaired) electrons. The number of ether oxygens (including phenoxy) is 1. The van der Waals surface area contributed by atoms with Gasteiger partial charge >= 0.3 is 12.1 Å². The number of aromatic nitrogens is 1. The van der Waals surface area contributed by atoms with Crippen molar-refractivity contribution >= 4 is 38.3 Å². The predicted molar refractivity (Wildman–Crippen MR) is 159 cm³/mol. The van der Waals surface area contributed by atoms with Crippen LogP contribution in [0.1, 0.15) is 65.6 Å². The number of nitrogens with one attached hydrogen (secondary N) is 1. The topological polar surface area (TPSA) is 97.6 Å². The molecule has 12 heteroatoms. The van der Waals surface area contributed by atoms with E-state index in [1.54, 1.807) is 43.3 Å². The summed E-state index contributed by atoms with van der Waals surface area (Å²) in [5.74, 6) is -0.660. The average molecular weight is 637 g/mol. The summed E-state index contributed by atoms with van der Waals surface area (Å²) in [6, 6.07) is 15.9. The molecule has 2 N–H and O–H groups in total. The molecule has 0 unspecified atom stereocenters. The number of aliphatic hydroxyl groups excluding tert-OH is 1. The van der Waals surface area contributed by atoms with Crippen LogP contribution < -0.4 is 5.32 Å². The maximum atomic E-state index is 13.7. The van der Waals surface area contributed by atoms with Gasteiger partial charge in [0.25, 0.3) is 0 Å². The van der Waals surface area contributed by atoms with Crippen molar-refractivity contribution in [2.24, 2.45) is 0 Å². The zero-order valence-electron chi connectivity index (χ0n) is 23.8. The third-order valence-electron chi connectivity index (χ3n) is 7.16. The first-order valence-electron chi connectivity index (χ1n) is 13.6. The summed E-state index contributed by atoms with van der Waals surface area (Å²) in [7, 11) is -3.36. The Bertz CT molecular complexity index is 1720. The van der Waals surface area contributed by atoms with E-state index in [0.717, 1.165) is 11.6 Å². The van der Waals surface area contributed by atoms with Gasteiger partial charge in [-0.3, -0.25) is 5.32 Å². The quantitative estimate of drug-likeness (QED) is 0.140. The van der Waals surface area contributed by atoms with Crippen molar-refractivity contribution in [3.05, 3.63) is 99.7 Å². The van der Waals surface area contributed by atoms with Crippen molar-refractivity contribution in [3.63, 3.8) is 0 Å². The minimum Gasteiger partial charge on any atom is -0.446 e. The number of hydrogen-bond acceptors (Lipinski definition) is 6. The predicted octanol–water partition coefficient (Wildman–Crippen LogP) is 6.72. The lowest BCUT2D eigenvalue weighted by atomic mass is 10.0. The van der Waals surface area contributed by atoms with Crippen LogP contribution in [-0.4, -0.2) is 43.2 Å². The van der Waals surface area contributed by atoms with Crippen molar-refractivity contribution < 1.29 is 36.2 Å². The monoisotopic (exact) mass is 636 g/mol. The molecule has 1 aromatic heterocycles. The number of benzene rings is 3. The normalized spacial score (nSPS) is 13.0. The number of rotatable bonds is 11. The lowest BCUT2D eigenvalue weighted by Gasteiger charge is -2.18. The van der Waals surface area contributed by atoms with Gasteiger partial charge in [0.1, 0.15) is 6.73 Å². The molecule has 4 aromatic rings. The second-order valence-corrected chi connectivity index (χ2v) is 13.1. The van der Waals surface area contributed by atoms with Crippen molar-refractivity contribution in [2.75, 3.05) is 19.1 Å². The van der Waals surface area contributed by atoms with E-state index in [1.807, 2.05) is 18.4 Å². The van der Waals surface area contributed by atoms with Gasteiger partial charge in [0.2, 0.25) is 0 Å². The third kappa shape index (κ3) is 7.41. The van der Waals surface area contributed by atoms with Gasteiger partial charge in [0.05, 0.1) is 34.4 Å². The van der Waals surface area contributed by atoms with Gasteiger partial charge in [-0.15, -0.1) is 0 Å². The molecular formula is C31H32ClF3N2O5S.